The van der Waals surface area contributed by atoms with E-state index in [1.165, 1.54) is 27.4 Å². The average molecular weight is 587 g/mol. The number of benzene rings is 6. The highest BCUT2D eigenvalue weighted by Crippen LogP contribution is 2.50. The number of rotatable bonds is 3. The second-order valence-corrected chi connectivity index (χ2v) is 11.9. The summed E-state index contributed by atoms with van der Waals surface area (Å²) in [6.45, 7) is 0. The fraction of sp³-hybridized carbons (Fsp3) is 0. The number of hydrogen-bond donors (Lipinski definition) is 0. The van der Waals surface area contributed by atoms with Gasteiger partial charge in [-0.1, -0.05) is 91.0 Å². The van der Waals surface area contributed by atoms with Gasteiger partial charge in [0, 0.05) is 39.3 Å². The summed E-state index contributed by atoms with van der Waals surface area (Å²) in [4.78, 5) is 12.6. The summed E-state index contributed by atoms with van der Waals surface area (Å²) in [6.07, 6.45) is 1.93. The van der Waals surface area contributed by atoms with Crippen molar-refractivity contribution >= 4 is 60.7 Å². The van der Waals surface area contributed by atoms with E-state index in [2.05, 4.69) is 161 Å². The molecule has 0 fully saturated rings. The maximum atomic E-state index is 5.41. The molecule has 0 aliphatic carbocycles. The van der Waals surface area contributed by atoms with Crippen molar-refractivity contribution in [2.45, 2.75) is 0 Å². The van der Waals surface area contributed by atoms with Crippen LogP contribution in [0, 0.1) is 0 Å². The van der Waals surface area contributed by atoms with Crippen LogP contribution in [0.3, 0.4) is 0 Å². The number of anilines is 3. The van der Waals surface area contributed by atoms with Crippen LogP contribution in [0.15, 0.2) is 158 Å². The smallest absolute Gasteiger partial charge is 0.148 e. The van der Waals surface area contributed by atoms with Crippen molar-refractivity contribution in [3.63, 3.8) is 0 Å². The van der Waals surface area contributed by atoms with E-state index in [1.54, 1.807) is 0 Å². The first kappa shape index (κ1) is 25.1. The van der Waals surface area contributed by atoms with Crippen LogP contribution in [0.1, 0.15) is 0 Å². The van der Waals surface area contributed by atoms with E-state index in [0.717, 1.165) is 61.4 Å². The number of pyridine rings is 2. The van der Waals surface area contributed by atoms with Gasteiger partial charge in [-0.2, -0.15) is 0 Å². The lowest BCUT2D eigenvalue weighted by Crippen LogP contribution is -2.17. The van der Waals surface area contributed by atoms with Crippen molar-refractivity contribution in [1.82, 2.24) is 14.5 Å². The van der Waals surface area contributed by atoms with Gasteiger partial charge < -0.3 is 4.57 Å². The van der Waals surface area contributed by atoms with E-state index < -0.39 is 0 Å². The summed E-state index contributed by atoms with van der Waals surface area (Å²) >= 11 is 0. The lowest BCUT2D eigenvalue weighted by Gasteiger charge is -2.32. The molecule has 6 aromatic carbocycles. The predicted molar refractivity (Wildman–Crippen MR) is 190 cm³/mol. The van der Waals surface area contributed by atoms with Gasteiger partial charge in [0.2, 0.25) is 0 Å². The van der Waals surface area contributed by atoms with Gasteiger partial charge in [0.25, 0.3) is 0 Å². The lowest BCUT2D eigenvalue weighted by atomic mass is 9.94. The second-order valence-electron chi connectivity index (χ2n) is 11.9. The minimum absolute atomic E-state index is 0.911. The molecular weight excluding hydrogens is 560 g/mol. The highest BCUT2D eigenvalue weighted by atomic mass is 15.2. The Morgan fingerprint density at radius 3 is 2.04 bits per heavy atom. The number of fused-ring (bicyclic) bond motifs is 7. The maximum absolute atomic E-state index is 5.41. The molecule has 0 radical (unpaired) electrons. The third-order valence-corrected chi connectivity index (χ3v) is 9.34. The molecule has 214 valence electrons. The molecule has 1 aliphatic heterocycles. The van der Waals surface area contributed by atoms with Crippen molar-refractivity contribution in [2.24, 2.45) is 0 Å². The molecule has 4 heterocycles. The Labute approximate surface area is 265 Å². The van der Waals surface area contributed by atoms with Gasteiger partial charge in [0.1, 0.15) is 5.82 Å². The highest BCUT2D eigenvalue weighted by Gasteiger charge is 2.29. The molecule has 0 spiro atoms. The van der Waals surface area contributed by atoms with Crippen molar-refractivity contribution in [3.8, 4) is 28.1 Å². The molecule has 0 amide bonds. The molecule has 10 rings (SSSR count). The summed E-state index contributed by atoms with van der Waals surface area (Å²) in [5.74, 6) is 0.911. The molecule has 0 atom stereocenters. The number of hydrogen-bond acceptors (Lipinski definition) is 3. The standard InChI is InChI=1S/C42H26N4/c1-3-11-29(12-4-1)45-37-17-9-7-15-32(37)35-25-27(20-22-39(35)45)28-19-21-31-33-23-24-43-41-34-16-8-10-18-38(34)46(30-13-5-2-6-14-30)42(40(33)41)44-36(31)26-28/h1-26H. The van der Waals surface area contributed by atoms with Crippen LogP contribution < -0.4 is 4.90 Å². The zero-order valence-electron chi connectivity index (χ0n) is 24.8. The van der Waals surface area contributed by atoms with E-state index >= 15 is 0 Å². The molecule has 1 aliphatic rings. The zero-order valence-corrected chi connectivity index (χ0v) is 24.8. The van der Waals surface area contributed by atoms with Crippen LogP contribution in [0.2, 0.25) is 0 Å². The van der Waals surface area contributed by atoms with Crippen molar-refractivity contribution < 1.29 is 0 Å². The fourth-order valence-electron chi connectivity index (χ4n) is 7.31. The Kier molecular flexibility index (Phi) is 5.25. The molecule has 0 unspecified atom stereocenters. The Morgan fingerprint density at radius 1 is 0.478 bits per heavy atom. The number of para-hydroxylation sites is 4. The van der Waals surface area contributed by atoms with E-state index in [1.807, 2.05) is 6.20 Å². The minimum Gasteiger partial charge on any atom is -0.309 e. The monoisotopic (exact) mass is 586 g/mol. The summed E-state index contributed by atoms with van der Waals surface area (Å²) < 4.78 is 2.36. The van der Waals surface area contributed by atoms with Gasteiger partial charge in [0.05, 0.1) is 33.3 Å². The first-order valence-electron chi connectivity index (χ1n) is 15.6. The zero-order chi connectivity index (χ0) is 30.2. The second kappa shape index (κ2) is 9.62. The molecule has 3 aromatic heterocycles. The van der Waals surface area contributed by atoms with Crippen molar-refractivity contribution in [3.05, 3.63) is 158 Å². The summed E-state index contributed by atoms with van der Waals surface area (Å²) in [5, 5.41) is 5.85. The fourth-order valence-corrected chi connectivity index (χ4v) is 7.31. The van der Waals surface area contributed by atoms with Gasteiger partial charge in [-0.3, -0.25) is 9.88 Å². The first-order chi connectivity index (χ1) is 22.8. The SMILES string of the molecule is c1ccc(N2c3ccccc3-c3nccc4c3c2nc2cc(-c3ccc5c(c3)c3ccccc3n5-c3ccccc3)ccc24)cc1. The van der Waals surface area contributed by atoms with Crippen molar-refractivity contribution in [2.75, 3.05) is 4.90 Å². The molecule has 46 heavy (non-hydrogen) atoms. The number of aromatic nitrogens is 3. The summed E-state index contributed by atoms with van der Waals surface area (Å²) in [7, 11) is 0. The van der Waals surface area contributed by atoms with Gasteiger partial charge in [-0.05, 0) is 77.2 Å². The molecule has 4 nitrogen and oxygen atoms in total. The van der Waals surface area contributed by atoms with E-state index in [4.69, 9.17) is 9.97 Å². The molecule has 0 bridgehead atoms. The first-order valence-corrected chi connectivity index (χ1v) is 15.6. The number of nitrogens with zero attached hydrogens (tertiary/aromatic N) is 4. The van der Waals surface area contributed by atoms with Gasteiger partial charge in [-0.15, -0.1) is 0 Å². The van der Waals surface area contributed by atoms with E-state index in [9.17, 15) is 0 Å². The van der Waals surface area contributed by atoms with Crippen LogP contribution in [0.5, 0.6) is 0 Å². The van der Waals surface area contributed by atoms with Crippen LogP contribution in [-0.2, 0) is 0 Å². The largest absolute Gasteiger partial charge is 0.309 e. The topological polar surface area (TPSA) is 34.0 Å². The Bertz CT molecular complexity index is 2640. The molecule has 0 saturated heterocycles. The molecule has 0 saturated carbocycles. The van der Waals surface area contributed by atoms with Crippen LogP contribution in [0.4, 0.5) is 17.2 Å². The third-order valence-electron chi connectivity index (χ3n) is 9.34. The van der Waals surface area contributed by atoms with Crippen molar-refractivity contribution in [1.29, 1.82) is 0 Å². The van der Waals surface area contributed by atoms with Gasteiger partial charge in [-0.25, -0.2) is 4.98 Å². The molecular formula is C42H26N4. The normalized spacial score (nSPS) is 12.3. The Hall–Kier alpha value is -6.26. The summed E-state index contributed by atoms with van der Waals surface area (Å²) in [5.41, 5.74) is 11.1. The molecule has 4 heteroatoms. The quantitative estimate of drug-likeness (QED) is 0.193. The molecule has 9 aromatic rings. The van der Waals surface area contributed by atoms with Gasteiger partial charge in [0.15, 0.2) is 0 Å². The maximum Gasteiger partial charge on any atom is 0.148 e. The van der Waals surface area contributed by atoms with Gasteiger partial charge >= 0.3 is 0 Å². The highest BCUT2D eigenvalue weighted by molar-refractivity contribution is 6.19. The average Bonchev–Trinajstić information content (AvgIpc) is 3.46. The van der Waals surface area contributed by atoms with Crippen LogP contribution >= 0.6 is 0 Å². The van der Waals surface area contributed by atoms with E-state index in [0.29, 0.717) is 0 Å². The lowest BCUT2D eigenvalue weighted by molar-refractivity contribution is 1.18. The van der Waals surface area contributed by atoms with E-state index in [-0.39, 0.29) is 0 Å². The predicted octanol–water partition coefficient (Wildman–Crippen LogP) is 11.0. The Morgan fingerprint density at radius 2 is 1.17 bits per heavy atom. The summed E-state index contributed by atoms with van der Waals surface area (Å²) in [6, 6.07) is 53.9. The third kappa shape index (κ3) is 3.55. The van der Waals surface area contributed by atoms with Crippen LogP contribution in [0.25, 0.3) is 71.6 Å². The molecule has 0 N–H and O–H groups in total. The minimum atomic E-state index is 0.911. The van der Waals surface area contributed by atoms with Crippen LogP contribution in [-0.4, -0.2) is 14.5 Å². The Balaban J connectivity index is 1.21.